The number of hydrazine groups is 2. The van der Waals surface area contributed by atoms with Crippen LogP contribution in [0.5, 0.6) is 0 Å². The van der Waals surface area contributed by atoms with E-state index >= 15 is 8.78 Å². The molecule has 3 aromatic carbocycles. The van der Waals surface area contributed by atoms with Crippen molar-refractivity contribution in [1.82, 2.24) is 9.29 Å². The molecule has 2 N–H and O–H groups in total. The quantitative estimate of drug-likeness (QED) is 0.179. The van der Waals surface area contributed by atoms with Crippen molar-refractivity contribution in [2.75, 3.05) is 66.8 Å². The second-order valence-electron chi connectivity index (χ2n) is 11.8. The summed E-state index contributed by atoms with van der Waals surface area (Å²) in [6, 6.07) is 16.0. The van der Waals surface area contributed by atoms with Gasteiger partial charge in [0, 0.05) is 36.9 Å². The van der Waals surface area contributed by atoms with Gasteiger partial charge in [-0.25, -0.2) is 8.78 Å². The summed E-state index contributed by atoms with van der Waals surface area (Å²) in [5.41, 5.74) is 8.48. The van der Waals surface area contributed by atoms with E-state index in [0.717, 1.165) is 38.5 Å². The molecule has 3 aliphatic heterocycles. The Kier molecular flexibility index (Phi) is 8.70. The molecule has 3 heterocycles. The van der Waals surface area contributed by atoms with Gasteiger partial charge in [0.1, 0.15) is 18.1 Å². The summed E-state index contributed by atoms with van der Waals surface area (Å²) < 4.78 is 34.7. The highest BCUT2D eigenvalue weighted by Crippen LogP contribution is 2.34. The zero-order chi connectivity index (χ0) is 30.7. The lowest BCUT2D eigenvalue weighted by molar-refractivity contribution is -0.125. The molecule has 6 rings (SSSR count). The van der Waals surface area contributed by atoms with Gasteiger partial charge >= 0.3 is 0 Å². The maximum atomic E-state index is 15.3. The Morgan fingerprint density at radius 2 is 1.34 bits per heavy atom. The third-order valence-electron chi connectivity index (χ3n) is 8.75. The zero-order valence-corrected chi connectivity index (χ0v) is 24.6. The smallest absolute Gasteiger partial charge is 0.253 e. The van der Waals surface area contributed by atoms with Gasteiger partial charge in [0.25, 0.3) is 5.91 Å². The zero-order valence-electron chi connectivity index (χ0n) is 24.6. The number of piperidine rings is 2. The molecule has 3 fully saturated rings. The largest absolute Gasteiger partial charge is 0.627 e. The summed E-state index contributed by atoms with van der Waals surface area (Å²) in [7, 11) is 0. The maximum Gasteiger partial charge on any atom is 0.253 e. The Balaban J connectivity index is 1.27. The highest BCUT2D eigenvalue weighted by Gasteiger charge is 2.28. The molecule has 3 aliphatic rings. The molecule has 10 nitrogen and oxygen atoms in total. The van der Waals surface area contributed by atoms with Crippen LogP contribution in [0.1, 0.15) is 38.5 Å². The molecule has 0 saturated carbocycles. The molecule has 12 heteroatoms. The third kappa shape index (κ3) is 6.35. The minimum Gasteiger partial charge on any atom is -0.627 e. The van der Waals surface area contributed by atoms with E-state index in [2.05, 4.69) is 10.9 Å². The summed E-state index contributed by atoms with van der Waals surface area (Å²) in [5, 5.41) is 28.2. The molecular formula is C32H38F2N6O4. The van der Waals surface area contributed by atoms with E-state index in [1.54, 1.807) is 36.4 Å². The summed E-state index contributed by atoms with van der Waals surface area (Å²) in [4.78, 5) is 13.6. The molecule has 0 unspecified atom stereocenters. The van der Waals surface area contributed by atoms with Crippen molar-refractivity contribution in [3.8, 4) is 0 Å². The number of hydrogen-bond acceptors (Lipinski definition) is 7. The number of rotatable bonds is 8. The highest BCUT2D eigenvalue weighted by atomic mass is 19.1. The molecule has 0 aromatic heterocycles. The average Bonchev–Trinajstić information content (AvgIpc) is 3.02. The Morgan fingerprint density at radius 3 is 1.93 bits per heavy atom. The fourth-order valence-corrected chi connectivity index (χ4v) is 6.31. The van der Waals surface area contributed by atoms with Gasteiger partial charge in [-0.1, -0.05) is 0 Å². The second kappa shape index (κ2) is 12.7. The van der Waals surface area contributed by atoms with Crippen molar-refractivity contribution in [2.45, 2.75) is 38.5 Å². The fourth-order valence-electron chi connectivity index (χ4n) is 6.31. The number of nitrogens with zero attached hydrogens (tertiary/aromatic N) is 4. The van der Waals surface area contributed by atoms with E-state index in [0.29, 0.717) is 55.5 Å². The molecule has 234 valence electrons. The number of quaternary nitrogens is 2. The lowest BCUT2D eigenvalue weighted by Gasteiger charge is -2.45. The van der Waals surface area contributed by atoms with E-state index in [9.17, 15) is 15.2 Å². The van der Waals surface area contributed by atoms with Crippen molar-refractivity contribution >= 4 is 40.0 Å². The summed E-state index contributed by atoms with van der Waals surface area (Å²) in [6.07, 6.45) is 5.30. The first-order chi connectivity index (χ1) is 21.2. The molecule has 44 heavy (non-hydrogen) atoms. The maximum absolute atomic E-state index is 15.3. The molecule has 3 saturated heterocycles. The molecule has 0 aliphatic carbocycles. The summed E-state index contributed by atoms with van der Waals surface area (Å²) >= 11 is 0. The first-order valence-electron chi connectivity index (χ1n) is 15.3. The molecular weight excluding hydrogens is 570 g/mol. The normalized spacial score (nSPS) is 19.8. The van der Waals surface area contributed by atoms with Crippen LogP contribution in [0.15, 0.2) is 60.7 Å². The second-order valence-corrected chi connectivity index (χ2v) is 11.8. The van der Waals surface area contributed by atoms with Gasteiger partial charge in [-0.2, -0.15) is 5.12 Å². The first kappa shape index (κ1) is 30.2. The molecule has 3 aromatic rings. The van der Waals surface area contributed by atoms with E-state index in [1.165, 1.54) is 34.3 Å². The SMILES string of the molecule is O=C1COCCN1c1ccc(NN(Nc2ccc([N+]3([O-])CCCCC3)c(F)c2)c2ccc([N+]3([O-])CCCCC3)cc2)cc1F. The van der Waals surface area contributed by atoms with Gasteiger partial charge in [-0.15, -0.1) is 0 Å². The van der Waals surface area contributed by atoms with Gasteiger partial charge < -0.3 is 29.3 Å². The standard InChI is InChI=1S/C32H38F2N6O4/c33-28-21-24(7-13-30(28)37-15-20-44-23-32(37)41)35-38(26-9-11-27(12-10-26)39(42)16-3-1-4-17-39)36-25-8-14-31(29(34)22-25)40(43)18-5-2-6-19-40/h7-14,21-22,35-36H,1-6,15-20,23H2. The van der Waals surface area contributed by atoms with Crippen molar-refractivity contribution in [3.05, 3.63) is 82.7 Å². The van der Waals surface area contributed by atoms with Gasteiger partial charge in [-0.05, 0) is 68.9 Å². The molecule has 0 radical (unpaired) electrons. The third-order valence-corrected chi connectivity index (χ3v) is 8.75. The average molecular weight is 609 g/mol. The number of benzene rings is 3. The molecule has 1 amide bonds. The van der Waals surface area contributed by atoms with Gasteiger partial charge in [-0.3, -0.25) is 15.6 Å². The van der Waals surface area contributed by atoms with Crippen LogP contribution < -0.4 is 30.2 Å². The molecule has 0 atom stereocenters. The first-order valence-corrected chi connectivity index (χ1v) is 15.3. The van der Waals surface area contributed by atoms with Crippen LogP contribution in [0, 0.1) is 22.0 Å². The van der Waals surface area contributed by atoms with Crippen LogP contribution in [0.25, 0.3) is 0 Å². The number of nitrogens with one attached hydrogen (secondary N) is 2. The van der Waals surface area contributed by atoms with E-state index in [4.69, 9.17) is 4.74 Å². The van der Waals surface area contributed by atoms with Crippen molar-refractivity contribution in [2.24, 2.45) is 0 Å². The minimum absolute atomic E-state index is 0.0990. The van der Waals surface area contributed by atoms with Gasteiger partial charge in [0.15, 0.2) is 11.5 Å². The number of amides is 1. The number of halogens is 2. The summed E-state index contributed by atoms with van der Waals surface area (Å²) in [6.45, 7) is 2.24. The number of anilines is 4. The van der Waals surface area contributed by atoms with Crippen molar-refractivity contribution in [3.63, 3.8) is 0 Å². The summed E-state index contributed by atoms with van der Waals surface area (Å²) in [5.74, 6) is -1.51. The monoisotopic (exact) mass is 608 g/mol. The number of carbonyl (C=O) groups excluding carboxylic acids is 1. The van der Waals surface area contributed by atoms with Crippen LogP contribution in [0.4, 0.5) is 42.9 Å². The number of ether oxygens (including phenoxy) is 1. The van der Waals surface area contributed by atoms with Gasteiger partial charge in [0.2, 0.25) is 0 Å². The topological polar surface area (TPSA) is 103 Å². The molecule has 0 spiro atoms. The van der Waals surface area contributed by atoms with Crippen LogP contribution in [-0.2, 0) is 9.53 Å². The Morgan fingerprint density at radius 1 is 0.750 bits per heavy atom. The van der Waals surface area contributed by atoms with Crippen LogP contribution in [0.3, 0.4) is 0 Å². The number of morpholine rings is 1. The lowest BCUT2D eigenvalue weighted by Crippen LogP contribution is -2.47. The minimum atomic E-state index is -0.679. The predicted molar refractivity (Wildman–Crippen MR) is 170 cm³/mol. The fraction of sp³-hybridized carbons (Fsp3) is 0.406. The van der Waals surface area contributed by atoms with E-state index in [1.807, 2.05) is 0 Å². The van der Waals surface area contributed by atoms with Crippen LogP contribution in [0.2, 0.25) is 0 Å². The highest BCUT2D eigenvalue weighted by molar-refractivity contribution is 5.95. The van der Waals surface area contributed by atoms with Crippen LogP contribution in [-0.4, -0.2) is 51.8 Å². The number of carbonyl (C=O) groups is 1. The van der Waals surface area contributed by atoms with E-state index < -0.39 is 16.3 Å². The van der Waals surface area contributed by atoms with Crippen LogP contribution >= 0.6 is 0 Å². The van der Waals surface area contributed by atoms with E-state index in [-0.39, 0.29) is 35.1 Å². The van der Waals surface area contributed by atoms with Crippen molar-refractivity contribution in [1.29, 1.82) is 0 Å². The van der Waals surface area contributed by atoms with Gasteiger partial charge in [0.05, 0.1) is 55.5 Å². The Labute approximate surface area is 255 Å². The lowest BCUT2D eigenvalue weighted by atomic mass is 10.1. The molecule has 0 bridgehead atoms. The number of hydrogen-bond donors (Lipinski definition) is 2. The Bertz CT molecular complexity index is 1480. The Hall–Kier alpha value is -3.81. The number of hydroxylamine groups is 4. The predicted octanol–water partition coefficient (Wildman–Crippen LogP) is 6.17. The van der Waals surface area contributed by atoms with Crippen molar-refractivity contribution < 1.29 is 18.3 Å².